The van der Waals surface area contributed by atoms with Crippen LogP contribution in [-0.2, 0) is 14.3 Å². The fraction of sp³-hybridized carbons (Fsp3) is 0.333. The maximum Gasteiger partial charge on any atom is 0.338 e. The summed E-state index contributed by atoms with van der Waals surface area (Å²) in [5.41, 5.74) is 7.12. The van der Waals surface area contributed by atoms with Crippen molar-refractivity contribution >= 4 is 17.6 Å². The van der Waals surface area contributed by atoms with Gasteiger partial charge in [-0.2, -0.15) is 5.26 Å². The zero-order valence-electron chi connectivity index (χ0n) is 13.6. The summed E-state index contributed by atoms with van der Waals surface area (Å²) >= 11 is 6.08. The predicted octanol–water partition coefficient (Wildman–Crippen LogP) is 3.76. The first-order valence-corrected chi connectivity index (χ1v) is 8.14. The van der Waals surface area contributed by atoms with E-state index in [9.17, 15) is 10.1 Å². The highest BCUT2D eigenvalue weighted by Crippen LogP contribution is 2.41. The number of carbonyl (C=O) groups is 1. The maximum atomic E-state index is 12.6. The summed E-state index contributed by atoms with van der Waals surface area (Å²) in [6.45, 7) is 3.92. The van der Waals surface area contributed by atoms with Crippen molar-refractivity contribution in [1.29, 1.82) is 5.26 Å². The van der Waals surface area contributed by atoms with Crippen LogP contribution in [0.25, 0.3) is 0 Å². The van der Waals surface area contributed by atoms with Crippen molar-refractivity contribution < 1.29 is 14.3 Å². The lowest BCUT2D eigenvalue weighted by atomic mass is 9.82. The van der Waals surface area contributed by atoms with Crippen molar-refractivity contribution in [3.05, 3.63) is 57.6 Å². The van der Waals surface area contributed by atoms with E-state index in [0.717, 1.165) is 6.42 Å². The van der Waals surface area contributed by atoms with Crippen LogP contribution in [-0.4, -0.2) is 12.6 Å². The molecule has 0 fully saturated rings. The lowest BCUT2D eigenvalue weighted by Crippen LogP contribution is -2.26. The number of halogens is 1. The van der Waals surface area contributed by atoms with Crippen LogP contribution in [0.5, 0.6) is 0 Å². The Kier molecular flexibility index (Phi) is 5.88. The van der Waals surface area contributed by atoms with Gasteiger partial charge in [0.05, 0.1) is 18.1 Å². The molecule has 0 bridgehead atoms. The first-order valence-electron chi connectivity index (χ1n) is 7.76. The van der Waals surface area contributed by atoms with E-state index >= 15 is 0 Å². The van der Waals surface area contributed by atoms with Gasteiger partial charge in [0, 0.05) is 11.4 Å². The largest absolute Gasteiger partial charge is 0.463 e. The second-order valence-electron chi connectivity index (χ2n) is 5.29. The Hall–Kier alpha value is -2.45. The van der Waals surface area contributed by atoms with Crippen molar-refractivity contribution in [2.24, 2.45) is 5.73 Å². The lowest BCUT2D eigenvalue weighted by molar-refractivity contribution is -0.139. The van der Waals surface area contributed by atoms with Crippen molar-refractivity contribution in [2.45, 2.75) is 32.6 Å². The first kappa shape index (κ1) is 17.9. The second-order valence-corrected chi connectivity index (χ2v) is 5.72. The minimum Gasteiger partial charge on any atom is -0.463 e. The predicted molar refractivity (Wildman–Crippen MR) is 90.7 cm³/mol. The number of benzene rings is 1. The standard InChI is InChI=1S/C18H19ClN2O3/c1-3-6-14-16(18(22)23-4-2)15(13(10-20)17(21)24-14)11-7-5-8-12(19)9-11/h5,7-9,15H,3-4,6,21H2,1-2H3/t15-/m0/s1. The highest BCUT2D eigenvalue weighted by molar-refractivity contribution is 6.30. The zero-order chi connectivity index (χ0) is 17.7. The smallest absolute Gasteiger partial charge is 0.338 e. The minimum atomic E-state index is -0.650. The van der Waals surface area contributed by atoms with Gasteiger partial charge in [-0.05, 0) is 31.0 Å². The summed E-state index contributed by atoms with van der Waals surface area (Å²) in [7, 11) is 0. The quantitative estimate of drug-likeness (QED) is 0.820. The fourth-order valence-electron chi connectivity index (χ4n) is 2.68. The third kappa shape index (κ3) is 3.55. The molecule has 1 aliphatic heterocycles. The van der Waals surface area contributed by atoms with E-state index in [0.29, 0.717) is 28.3 Å². The van der Waals surface area contributed by atoms with E-state index in [1.165, 1.54) is 0 Å². The van der Waals surface area contributed by atoms with Crippen LogP contribution in [0, 0.1) is 11.3 Å². The van der Waals surface area contributed by atoms with E-state index < -0.39 is 11.9 Å². The molecule has 1 atom stereocenters. The van der Waals surface area contributed by atoms with E-state index in [2.05, 4.69) is 6.07 Å². The first-order chi connectivity index (χ1) is 11.5. The van der Waals surface area contributed by atoms with E-state index in [1.54, 1.807) is 31.2 Å². The van der Waals surface area contributed by atoms with Gasteiger partial charge in [0.15, 0.2) is 0 Å². The molecule has 24 heavy (non-hydrogen) atoms. The molecule has 0 unspecified atom stereocenters. The van der Waals surface area contributed by atoms with Crippen LogP contribution in [0.2, 0.25) is 5.02 Å². The molecule has 0 saturated carbocycles. The third-order valence-electron chi connectivity index (χ3n) is 3.65. The summed E-state index contributed by atoms with van der Waals surface area (Å²) in [4.78, 5) is 12.6. The number of nitrogens with two attached hydrogens (primary N) is 1. The number of allylic oxidation sites excluding steroid dienone is 2. The Labute approximate surface area is 146 Å². The number of nitriles is 1. The Morgan fingerprint density at radius 1 is 1.46 bits per heavy atom. The van der Waals surface area contributed by atoms with Crippen molar-refractivity contribution in [2.75, 3.05) is 6.61 Å². The van der Waals surface area contributed by atoms with Gasteiger partial charge < -0.3 is 15.2 Å². The molecule has 1 aromatic rings. The van der Waals surface area contributed by atoms with Gasteiger partial charge in [-0.1, -0.05) is 30.7 Å². The molecular formula is C18H19ClN2O3. The Morgan fingerprint density at radius 3 is 2.79 bits per heavy atom. The summed E-state index contributed by atoms with van der Waals surface area (Å²) < 4.78 is 10.8. The normalized spacial score (nSPS) is 17.3. The van der Waals surface area contributed by atoms with Gasteiger partial charge in [0.25, 0.3) is 0 Å². The number of esters is 1. The van der Waals surface area contributed by atoms with Gasteiger partial charge >= 0.3 is 5.97 Å². The second kappa shape index (κ2) is 7.89. The molecule has 0 radical (unpaired) electrons. The van der Waals surface area contributed by atoms with Gasteiger partial charge in [0.1, 0.15) is 17.4 Å². The van der Waals surface area contributed by atoms with Crippen molar-refractivity contribution in [1.82, 2.24) is 0 Å². The number of ether oxygens (including phenoxy) is 2. The molecule has 0 amide bonds. The average Bonchev–Trinajstić information content (AvgIpc) is 2.54. The number of carbonyl (C=O) groups excluding carboxylic acids is 1. The van der Waals surface area contributed by atoms with Crippen molar-refractivity contribution in [3.8, 4) is 6.07 Å². The van der Waals surface area contributed by atoms with Gasteiger partial charge in [-0.25, -0.2) is 4.79 Å². The summed E-state index contributed by atoms with van der Waals surface area (Å²) in [6.07, 6.45) is 1.28. The fourth-order valence-corrected chi connectivity index (χ4v) is 2.88. The van der Waals surface area contributed by atoms with Crippen LogP contribution < -0.4 is 5.73 Å². The number of hydrogen-bond acceptors (Lipinski definition) is 5. The molecule has 6 heteroatoms. The molecule has 2 N–H and O–H groups in total. The molecule has 0 aliphatic carbocycles. The summed E-state index contributed by atoms with van der Waals surface area (Å²) in [5.74, 6) is -0.703. The monoisotopic (exact) mass is 346 g/mol. The number of nitrogens with zero attached hydrogens (tertiary/aromatic N) is 1. The summed E-state index contributed by atoms with van der Waals surface area (Å²) in [6, 6.07) is 9.06. The lowest BCUT2D eigenvalue weighted by Gasteiger charge is -2.28. The number of rotatable bonds is 5. The molecule has 5 nitrogen and oxygen atoms in total. The highest BCUT2D eigenvalue weighted by Gasteiger charge is 2.37. The minimum absolute atomic E-state index is 0.0129. The van der Waals surface area contributed by atoms with Crippen LogP contribution in [0.4, 0.5) is 0 Å². The molecule has 2 rings (SSSR count). The maximum absolute atomic E-state index is 12.6. The topological polar surface area (TPSA) is 85.3 Å². The molecular weight excluding hydrogens is 328 g/mol. The van der Waals surface area contributed by atoms with Crippen molar-refractivity contribution in [3.63, 3.8) is 0 Å². The van der Waals surface area contributed by atoms with Crippen LogP contribution >= 0.6 is 11.6 Å². The molecule has 1 aromatic carbocycles. The third-order valence-corrected chi connectivity index (χ3v) is 3.89. The van der Waals surface area contributed by atoms with Gasteiger partial charge in [0.2, 0.25) is 5.88 Å². The Bertz CT molecular complexity index is 747. The van der Waals surface area contributed by atoms with E-state index in [-0.39, 0.29) is 18.1 Å². The SMILES string of the molecule is CCCC1=C(C(=O)OCC)[C@@H](c2cccc(Cl)c2)C(C#N)=C(N)O1. The average molecular weight is 347 g/mol. The van der Waals surface area contributed by atoms with Crippen LogP contribution in [0.15, 0.2) is 47.1 Å². The molecule has 0 aromatic heterocycles. The van der Waals surface area contributed by atoms with E-state index in [1.807, 2.05) is 6.92 Å². The molecule has 0 spiro atoms. The molecule has 1 aliphatic rings. The molecule has 126 valence electrons. The van der Waals surface area contributed by atoms with Gasteiger partial charge in [-0.3, -0.25) is 0 Å². The highest BCUT2D eigenvalue weighted by atomic mass is 35.5. The zero-order valence-corrected chi connectivity index (χ0v) is 14.4. The number of hydrogen-bond donors (Lipinski definition) is 1. The van der Waals surface area contributed by atoms with Crippen LogP contribution in [0.1, 0.15) is 38.2 Å². The van der Waals surface area contributed by atoms with Crippen LogP contribution in [0.3, 0.4) is 0 Å². The van der Waals surface area contributed by atoms with Gasteiger partial charge in [-0.15, -0.1) is 0 Å². The summed E-state index contributed by atoms with van der Waals surface area (Å²) in [5, 5.41) is 10.0. The van der Waals surface area contributed by atoms with E-state index in [4.69, 9.17) is 26.8 Å². The Morgan fingerprint density at radius 2 is 2.21 bits per heavy atom. The molecule has 0 saturated heterocycles. The molecule has 1 heterocycles. The Balaban J connectivity index is 2.66.